The molecule has 102 valence electrons. The Balaban J connectivity index is 2.94. The normalized spacial score (nSPS) is 12.7. The van der Waals surface area contributed by atoms with Gasteiger partial charge in [-0.1, -0.05) is 0 Å². The molecular formula is C12H20N2O3S. The Hall–Kier alpha value is -1.11. The van der Waals surface area contributed by atoms with Crippen LogP contribution < -0.4 is 10.5 Å². The molecule has 0 amide bonds. The molecule has 0 heterocycles. The molecular weight excluding hydrogens is 252 g/mol. The molecule has 0 aliphatic carbocycles. The van der Waals surface area contributed by atoms with E-state index in [1.54, 1.807) is 26.2 Å². The predicted octanol–water partition coefficient (Wildman–Crippen LogP) is 1.28. The van der Waals surface area contributed by atoms with Crippen molar-refractivity contribution in [3.8, 4) is 0 Å². The zero-order valence-electron chi connectivity index (χ0n) is 11.1. The van der Waals surface area contributed by atoms with Crippen molar-refractivity contribution < 1.29 is 13.2 Å². The zero-order valence-corrected chi connectivity index (χ0v) is 12.0. The van der Waals surface area contributed by atoms with E-state index in [1.807, 2.05) is 13.8 Å². The lowest BCUT2D eigenvalue weighted by molar-refractivity contribution is 0.0276. The first-order valence-electron chi connectivity index (χ1n) is 5.59. The molecule has 3 N–H and O–H groups in total. The van der Waals surface area contributed by atoms with Gasteiger partial charge in [0.1, 0.15) is 0 Å². The van der Waals surface area contributed by atoms with Crippen LogP contribution >= 0.6 is 0 Å². The van der Waals surface area contributed by atoms with Crippen LogP contribution in [0.3, 0.4) is 0 Å². The molecule has 0 saturated carbocycles. The lowest BCUT2D eigenvalue weighted by atomic mass is 10.1. The van der Waals surface area contributed by atoms with Gasteiger partial charge in [-0.15, -0.1) is 0 Å². The van der Waals surface area contributed by atoms with E-state index in [9.17, 15) is 8.42 Å². The summed E-state index contributed by atoms with van der Waals surface area (Å²) >= 11 is 0. The number of sulfonamides is 1. The van der Waals surface area contributed by atoms with Crippen molar-refractivity contribution in [2.75, 3.05) is 19.4 Å². The van der Waals surface area contributed by atoms with Crippen LogP contribution in [0.15, 0.2) is 23.1 Å². The SMILES string of the molecule is COC(C)(C)CNS(=O)(=O)c1ccc(N)cc1C. The third-order valence-corrected chi connectivity index (χ3v) is 4.29. The van der Waals surface area contributed by atoms with Crippen LogP contribution in [0, 0.1) is 6.92 Å². The summed E-state index contributed by atoms with van der Waals surface area (Å²) in [5.41, 5.74) is 6.22. The van der Waals surface area contributed by atoms with Gasteiger partial charge in [0.25, 0.3) is 0 Å². The summed E-state index contributed by atoms with van der Waals surface area (Å²) in [4.78, 5) is 0.239. The monoisotopic (exact) mass is 272 g/mol. The standard InChI is InChI=1S/C12H20N2O3S/c1-9-7-10(13)5-6-11(9)18(15,16)14-8-12(2,3)17-4/h5-7,14H,8,13H2,1-4H3. The summed E-state index contributed by atoms with van der Waals surface area (Å²) in [6.07, 6.45) is 0. The highest BCUT2D eigenvalue weighted by Gasteiger charge is 2.22. The number of hydrogen-bond donors (Lipinski definition) is 2. The summed E-state index contributed by atoms with van der Waals surface area (Å²) in [7, 11) is -1.99. The third kappa shape index (κ3) is 3.69. The Bertz CT molecular complexity index is 524. The molecule has 0 atom stereocenters. The number of nitrogens with one attached hydrogen (secondary N) is 1. The van der Waals surface area contributed by atoms with E-state index >= 15 is 0 Å². The van der Waals surface area contributed by atoms with Crippen molar-refractivity contribution in [2.45, 2.75) is 31.3 Å². The van der Waals surface area contributed by atoms with Gasteiger partial charge in [-0.25, -0.2) is 13.1 Å². The van der Waals surface area contributed by atoms with Gasteiger partial charge >= 0.3 is 0 Å². The minimum absolute atomic E-state index is 0.204. The third-order valence-electron chi connectivity index (χ3n) is 2.73. The molecule has 5 nitrogen and oxygen atoms in total. The average Bonchev–Trinajstić information content (AvgIpc) is 2.26. The van der Waals surface area contributed by atoms with Crippen LogP contribution in [0.25, 0.3) is 0 Å². The van der Waals surface area contributed by atoms with Crippen LogP contribution in [-0.4, -0.2) is 27.7 Å². The maximum absolute atomic E-state index is 12.1. The number of ether oxygens (including phenoxy) is 1. The number of nitrogen functional groups attached to an aromatic ring is 1. The number of benzene rings is 1. The molecule has 0 saturated heterocycles. The fraction of sp³-hybridized carbons (Fsp3) is 0.500. The Morgan fingerprint density at radius 3 is 2.50 bits per heavy atom. The van der Waals surface area contributed by atoms with Crippen LogP contribution in [-0.2, 0) is 14.8 Å². The molecule has 1 aromatic carbocycles. The van der Waals surface area contributed by atoms with E-state index < -0.39 is 15.6 Å². The predicted molar refractivity (Wildman–Crippen MR) is 71.9 cm³/mol. The van der Waals surface area contributed by atoms with Gasteiger partial charge in [0.15, 0.2) is 0 Å². The molecule has 0 unspecified atom stereocenters. The second-order valence-electron chi connectivity index (χ2n) is 4.81. The highest BCUT2D eigenvalue weighted by Crippen LogP contribution is 2.18. The van der Waals surface area contributed by atoms with Crippen molar-refractivity contribution in [2.24, 2.45) is 0 Å². The second kappa shape index (κ2) is 5.26. The van der Waals surface area contributed by atoms with Gasteiger partial charge in [-0.3, -0.25) is 0 Å². The minimum atomic E-state index is -3.54. The van der Waals surface area contributed by atoms with Gasteiger partial charge < -0.3 is 10.5 Å². The van der Waals surface area contributed by atoms with Crippen molar-refractivity contribution in [1.29, 1.82) is 0 Å². The smallest absolute Gasteiger partial charge is 0.240 e. The van der Waals surface area contributed by atoms with Gasteiger partial charge in [0, 0.05) is 19.3 Å². The van der Waals surface area contributed by atoms with Crippen molar-refractivity contribution in [3.05, 3.63) is 23.8 Å². The highest BCUT2D eigenvalue weighted by atomic mass is 32.2. The van der Waals surface area contributed by atoms with Gasteiger partial charge in [-0.05, 0) is 44.5 Å². The summed E-state index contributed by atoms with van der Waals surface area (Å²) in [5, 5.41) is 0. The molecule has 0 fully saturated rings. The molecule has 18 heavy (non-hydrogen) atoms. The number of rotatable bonds is 5. The summed E-state index contributed by atoms with van der Waals surface area (Å²) in [6, 6.07) is 4.71. The first kappa shape index (κ1) is 14.9. The van der Waals surface area contributed by atoms with Crippen molar-refractivity contribution in [3.63, 3.8) is 0 Å². The van der Waals surface area contributed by atoms with E-state index in [0.717, 1.165) is 0 Å². The molecule has 0 radical (unpaired) electrons. The fourth-order valence-corrected chi connectivity index (χ4v) is 2.82. The molecule has 1 rings (SSSR count). The largest absolute Gasteiger partial charge is 0.399 e. The quantitative estimate of drug-likeness (QED) is 0.791. The second-order valence-corrected chi connectivity index (χ2v) is 6.55. The minimum Gasteiger partial charge on any atom is -0.399 e. The Morgan fingerprint density at radius 2 is 2.00 bits per heavy atom. The average molecular weight is 272 g/mol. The maximum atomic E-state index is 12.1. The van der Waals surface area contributed by atoms with Crippen LogP contribution in [0.5, 0.6) is 0 Å². The number of hydrogen-bond acceptors (Lipinski definition) is 4. The van der Waals surface area contributed by atoms with E-state index in [4.69, 9.17) is 10.5 Å². The first-order valence-corrected chi connectivity index (χ1v) is 7.07. The zero-order chi connectivity index (χ0) is 14.0. The molecule has 1 aromatic rings. The molecule has 0 bridgehead atoms. The Kier molecular flexibility index (Phi) is 4.37. The van der Waals surface area contributed by atoms with Gasteiger partial charge in [0.05, 0.1) is 10.5 Å². The molecule has 0 spiro atoms. The molecule has 0 aliphatic rings. The summed E-state index contributed by atoms with van der Waals surface area (Å²) in [6.45, 7) is 5.54. The van der Waals surface area contributed by atoms with E-state index in [2.05, 4.69) is 4.72 Å². The lowest BCUT2D eigenvalue weighted by Gasteiger charge is -2.23. The van der Waals surface area contributed by atoms with Crippen molar-refractivity contribution in [1.82, 2.24) is 4.72 Å². The maximum Gasteiger partial charge on any atom is 0.240 e. The fourth-order valence-electron chi connectivity index (χ4n) is 1.39. The molecule has 0 aromatic heterocycles. The number of methoxy groups -OCH3 is 1. The summed E-state index contributed by atoms with van der Waals surface area (Å²) < 4.78 is 31.9. The molecule has 6 heteroatoms. The van der Waals surface area contributed by atoms with E-state index in [0.29, 0.717) is 11.3 Å². The van der Waals surface area contributed by atoms with Crippen LogP contribution in [0.2, 0.25) is 0 Å². The van der Waals surface area contributed by atoms with Gasteiger partial charge in [-0.2, -0.15) is 0 Å². The number of anilines is 1. The van der Waals surface area contributed by atoms with Crippen LogP contribution in [0.1, 0.15) is 19.4 Å². The van der Waals surface area contributed by atoms with Gasteiger partial charge in [0.2, 0.25) is 10.0 Å². The number of nitrogens with two attached hydrogens (primary N) is 1. The lowest BCUT2D eigenvalue weighted by Crippen LogP contribution is -2.39. The topological polar surface area (TPSA) is 81.4 Å². The number of aryl methyl sites for hydroxylation is 1. The summed E-state index contributed by atoms with van der Waals surface area (Å²) in [5.74, 6) is 0. The molecule has 0 aliphatic heterocycles. The Labute approximate surface area is 108 Å². The van der Waals surface area contributed by atoms with Crippen molar-refractivity contribution >= 4 is 15.7 Å². The van der Waals surface area contributed by atoms with Crippen LogP contribution in [0.4, 0.5) is 5.69 Å². The first-order chi connectivity index (χ1) is 8.18. The highest BCUT2D eigenvalue weighted by molar-refractivity contribution is 7.89. The van der Waals surface area contributed by atoms with E-state index in [1.165, 1.54) is 6.07 Å². The van der Waals surface area contributed by atoms with E-state index in [-0.39, 0.29) is 11.4 Å². The Morgan fingerprint density at radius 1 is 1.39 bits per heavy atom.